The summed E-state index contributed by atoms with van der Waals surface area (Å²) in [4.78, 5) is 18.3. The molecule has 0 bridgehead atoms. The number of aromatic amines is 2. The van der Waals surface area contributed by atoms with Gasteiger partial charge in [0.2, 0.25) is 5.75 Å². The summed E-state index contributed by atoms with van der Waals surface area (Å²) in [5, 5.41) is 19.9. The fourth-order valence-electron chi connectivity index (χ4n) is 2.86. The van der Waals surface area contributed by atoms with Gasteiger partial charge in [-0.15, -0.1) is 6.58 Å². The van der Waals surface area contributed by atoms with Gasteiger partial charge in [0.25, 0.3) is 5.56 Å². The predicted octanol–water partition coefficient (Wildman–Crippen LogP) is 1.70. The zero-order chi connectivity index (χ0) is 21.2. The second-order valence-electron chi connectivity index (χ2n) is 6.50. The van der Waals surface area contributed by atoms with E-state index < -0.39 is 5.56 Å². The first-order valence-corrected chi connectivity index (χ1v) is 9.35. The van der Waals surface area contributed by atoms with Crippen molar-refractivity contribution in [1.82, 2.24) is 25.5 Å². The van der Waals surface area contributed by atoms with Crippen molar-refractivity contribution in [3.05, 3.63) is 88.4 Å². The zero-order valence-electron chi connectivity index (χ0n) is 16.3. The van der Waals surface area contributed by atoms with E-state index in [1.807, 2.05) is 24.3 Å². The summed E-state index contributed by atoms with van der Waals surface area (Å²) < 4.78 is 0. The molecule has 1 atom stereocenters. The maximum atomic E-state index is 11.8. The highest BCUT2D eigenvalue weighted by atomic mass is 16.3. The van der Waals surface area contributed by atoms with Crippen molar-refractivity contribution in [3.63, 3.8) is 0 Å². The molecule has 2 heterocycles. The lowest BCUT2D eigenvalue weighted by Gasteiger charge is -2.17. The quantitative estimate of drug-likeness (QED) is 0.275. The minimum absolute atomic E-state index is 0.176. The summed E-state index contributed by atoms with van der Waals surface area (Å²) in [6, 6.07) is 7.78. The fourth-order valence-corrected chi connectivity index (χ4v) is 2.86. The average Bonchev–Trinajstić information content (AvgIpc) is 3.27. The Morgan fingerprint density at radius 2 is 1.97 bits per heavy atom. The van der Waals surface area contributed by atoms with Gasteiger partial charge in [0.05, 0.1) is 23.8 Å². The number of nitrogens with zero attached hydrogens (tertiary/aromatic N) is 2. The molecule has 1 unspecified atom stereocenters. The Hall–Kier alpha value is -4.07. The molecular formula is C23H21N5O2. The Kier molecular flexibility index (Phi) is 7.21. The van der Waals surface area contributed by atoms with Crippen molar-refractivity contribution < 1.29 is 5.11 Å². The Morgan fingerprint density at radius 1 is 1.20 bits per heavy atom. The Balaban J connectivity index is 1.72. The number of aromatic nitrogens is 4. The lowest BCUT2D eigenvalue weighted by Crippen LogP contribution is -2.25. The van der Waals surface area contributed by atoms with Crippen LogP contribution in [0.15, 0.2) is 60.4 Å². The Morgan fingerprint density at radius 3 is 2.67 bits per heavy atom. The molecule has 0 saturated carbocycles. The van der Waals surface area contributed by atoms with E-state index >= 15 is 0 Å². The highest BCUT2D eigenvalue weighted by Gasteiger charge is 2.19. The number of hydrogen-bond donors (Lipinski definition) is 4. The second-order valence-corrected chi connectivity index (χ2v) is 6.50. The Bertz CT molecular complexity index is 1160. The lowest BCUT2D eigenvalue weighted by atomic mass is 9.94. The molecule has 30 heavy (non-hydrogen) atoms. The van der Waals surface area contributed by atoms with Crippen molar-refractivity contribution in [2.24, 2.45) is 0 Å². The van der Waals surface area contributed by atoms with Crippen LogP contribution in [-0.4, -0.2) is 38.4 Å². The molecule has 0 aliphatic carbocycles. The van der Waals surface area contributed by atoms with Gasteiger partial charge in [-0.2, -0.15) is 5.10 Å². The maximum absolute atomic E-state index is 11.8. The van der Waals surface area contributed by atoms with Crippen LogP contribution in [-0.2, 0) is 6.42 Å². The van der Waals surface area contributed by atoms with E-state index in [0.29, 0.717) is 25.2 Å². The van der Waals surface area contributed by atoms with E-state index in [0.717, 1.165) is 16.7 Å². The normalized spacial score (nSPS) is 10.9. The van der Waals surface area contributed by atoms with Gasteiger partial charge in [-0.1, -0.05) is 24.1 Å². The maximum Gasteiger partial charge on any atom is 0.293 e. The van der Waals surface area contributed by atoms with E-state index in [4.69, 9.17) is 0 Å². The second kappa shape index (κ2) is 10.5. The van der Waals surface area contributed by atoms with Gasteiger partial charge in [0, 0.05) is 30.8 Å². The molecule has 0 spiro atoms. The molecule has 150 valence electrons. The molecule has 7 heteroatoms. The summed E-state index contributed by atoms with van der Waals surface area (Å²) >= 11 is 0. The first-order valence-electron chi connectivity index (χ1n) is 9.35. The average molecular weight is 399 g/mol. The molecule has 2 aromatic heterocycles. The lowest BCUT2D eigenvalue weighted by molar-refractivity contribution is 0.441. The standard InChI is InChI=1S/C23H21N5O2/c1-2-11-24-15-20(21-22(29)23(30)26-16-25-21)12-18-9-7-17(8-10-18)5-3-4-6-19-13-27-28-14-19/h2,7-10,13-14,16,20,24,29H,1,11-12,15H2,(H,27,28)(H,25,26,30). The molecule has 0 aliphatic rings. The van der Waals surface area contributed by atoms with Crippen molar-refractivity contribution >= 4 is 0 Å². The van der Waals surface area contributed by atoms with Gasteiger partial charge >= 0.3 is 0 Å². The van der Waals surface area contributed by atoms with Crippen LogP contribution >= 0.6 is 0 Å². The van der Waals surface area contributed by atoms with Gasteiger partial charge in [0.1, 0.15) is 0 Å². The van der Waals surface area contributed by atoms with E-state index in [-0.39, 0.29) is 11.7 Å². The molecule has 0 fully saturated rings. The SMILES string of the molecule is C=CCNCC(Cc1ccc(C#CC#Cc2cn[nH]c2)cc1)c1nc[nH]c(=O)c1O. The number of aromatic hydroxyl groups is 1. The highest BCUT2D eigenvalue weighted by molar-refractivity contribution is 5.44. The van der Waals surface area contributed by atoms with Crippen LogP contribution in [0, 0.1) is 23.7 Å². The van der Waals surface area contributed by atoms with E-state index in [1.165, 1.54) is 6.33 Å². The largest absolute Gasteiger partial charge is 0.502 e. The summed E-state index contributed by atoms with van der Waals surface area (Å²) in [6.45, 7) is 4.85. The van der Waals surface area contributed by atoms with E-state index in [2.05, 4.69) is 55.7 Å². The molecule has 7 nitrogen and oxygen atoms in total. The van der Waals surface area contributed by atoms with Crippen LogP contribution in [0.4, 0.5) is 0 Å². The zero-order valence-corrected chi connectivity index (χ0v) is 16.3. The van der Waals surface area contributed by atoms with E-state index in [1.54, 1.807) is 18.5 Å². The first-order chi connectivity index (χ1) is 14.7. The number of rotatable bonds is 7. The molecule has 0 amide bonds. The Labute approximate surface area is 174 Å². The molecular weight excluding hydrogens is 378 g/mol. The minimum atomic E-state index is -0.545. The molecule has 1 aromatic carbocycles. The fraction of sp³-hybridized carbons (Fsp3) is 0.174. The molecule has 0 saturated heterocycles. The minimum Gasteiger partial charge on any atom is -0.502 e. The first kappa shape index (κ1) is 20.7. The third-order valence-electron chi connectivity index (χ3n) is 4.33. The van der Waals surface area contributed by atoms with Gasteiger partial charge in [-0.25, -0.2) is 4.98 Å². The van der Waals surface area contributed by atoms with Crippen molar-refractivity contribution in [3.8, 4) is 29.4 Å². The number of nitrogens with one attached hydrogen (secondary N) is 3. The third kappa shape index (κ3) is 5.71. The van der Waals surface area contributed by atoms with Crippen molar-refractivity contribution in [2.75, 3.05) is 13.1 Å². The molecule has 0 aliphatic heterocycles. The summed E-state index contributed by atoms with van der Waals surface area (Å²) in [7, 11) is 0. The van der Waals surface area contributed by atoms with Gasteiger partial charge in [-0.3, -0.25) is 9.89 Å². The van der Waals surface area contributed by atoms with Crippen molar-refractivity contribution in [2.45, 2.75) is 12.3 Å². The van der Waals surface area contributed by atoms with Crippen LogP contribution in [0.25, 0.3) is 0 Å². The number of benzene rings is 1. The summed E-state index contributed by atoms with van der Waals surface area (Å²) in [5.74, 6) is 11.0. The monoisotopic (exact) mass is 399 g/mol. The van der Waals surface area contributed by atoms with Crippen molar-refractivity contribution in [1.29, 1.82) is 0 Å². The molecule has 3 aromatic rings. The van der Waals surface area contributed by atoms with Gasteiger partial charge in [0.15, 0.2) is 0 Å². The molecule has 3 rings (SSSR count). The van der Waals surface area contributed by atoms with Crippen LogP contribution in [0.2, 0.25) is 0 Å². The number of hydrogen-bond acceptors (Lipinski definition) is 5. The number of H-pyrrole nitrogens is 2. The molecule has 0 radical (unpaired) electrons. The predicted molar refractivity (Wildman–Crippen MR) is 115 cm³/mol. The highest BCUT2D eigenvalue weighted by Crippen LogP contribution is 2.23. The van der Waals surface area contributed by atoms with Crippen LogP contribution in [0.3, 0.4) is 0 Å². The smallest absolute Gasteiger partial charge is 0.293 e. The third-order valence-corrected chi connectivity index (χ3v) is 4.33. The molecule has 4 N–H and O–H groups in total. The topological polar surface area (TPSA) is 107 Å². The van der Waals surface area contributed by atoms with Crippen LogP contribution in [0.5, 0.6) is 5.75 Å². The summed E-state index contributed by atoms with van der Waals surface area (Å²) in [5.41, 5.74) is 2.49. The van der Waals surface area contributed by atoms with Gasteiger partial charge in [-0.05, 0) is 41.9 Å². The van der Waals surface area contributed by atoms with E-state index in [9.17, 15) is 9.90 Å². The van der Waals surface area contributed by atoms with Crippen LogP contribution < -0.4 is 10.9 Å². The summed E-state index contributed by atoms with van der Waals surface area (Å²) in [6.07, 6.45) is 7.00. The van der Waals surface area contributed by atoms with Gasteiger partial charge < -0.3 is 15.4 Å². The van der Waals surface area contributed by atoms with Crippen LogP contribution in [0.1, 0.15) is 28.3 Å².